The molecule has 1 amide bonds. The fraction of sp³-hybridized carbons (Fsp3) is 0. The monoisotopic (exact) mass is 271 g/mol. The minimum atomic E-state index is -0.473. The molecule has 0 saturated carbocycles. The van der Waals surface area contributed by atoms with Crippen LogP contribution in [0.4, 0.5) is 0 Å². The average molecular weight is 272 g/mol. The highest BCUT2D eigenvalue weighted by molar-refractivity contribution is 6.30. The molecule has 3 heterocycles. The summed E-state index contributed by atoms with van der Waals surface area (Å²) < 4.78 is 1.88. The predicted octanol–water partition coefficient (Wildman–Crippen LogP) is 2.75. The van der Waals surface area contributed by atoms with Crippen molar-refractivity contribution in [3.05, 3.63) is 59.5 Å². The Bertz CT molecular complexity index is 765. The highest BCUT2D eigenvalue weighted by Crippen LogP contribution is 2.28. The Labute approximate surface area is 114 Å². The Morgan fingerprint density at radius 3 is 2.84 bits per heavy atom. The van der Waals surface area contributed by atoms with Crippen LogP contribution in [-0.4, -0.2) is 15.3 Å². The van der Waals surface area contributed by atoms with Crippen molar-refractivity contribution in [2.75, 3.05) is 0 Å². The fourth-order valence-electron chi connectivity index (χ4n) is 2.14. The number of nitrogens with two attached hydrogens (primary N) is 1. The summed E-state index contributed by atoms with van der Waals surface area (Å²) in [4.78, 5) is 15.7. The number of pyridine rings is 2. The number of rotatable bonds is 2. The third-order valence-electron chi connectivity index (χ3n) is 2.94. The first-order valence-corrected chi connectivity index (χ1v) is 6.05. The molecular weight excluding hydrogens is 262 g/mol. The Kier molecular flexibility index (Phi) is 2.72. The zero-order valence-electron chi connectivity index (χ0n) is 9.88. The van der Waals surface area contributed by atoms with E-state index in [9.17, 15) is 4.79 Å². The molecule has 0 spiro atoms. The number of amides is 1. The molecule has 0 fully saturated rings. The number of nitrogens with zero attached hydrogens (tertiary/aromatic N) is 2. The summed E-state index contributed by atoms with van der Waals surface area (Å²) in [6.07, 6.45) is 5.19. The highest BCUT2D eigenvalue weighted by atomic mass is 35.5. The van der Waals surface area contributed by atoms with Gasteiger partial charge in [0.1, 0.15) is 0 Å². The quantitative estimate of drug-likeness (QED) is 0.779. The summed E-state index contributed by atoms with van der Waals surface area (Å²) in [7, 11) is 0. The highest BCUT2D eigenvalue weighted by Gasteiger charge is 2.16. The van der Waals surface area contributed by atoms with Crippen molar-refractivity contribution in [1.29, 1.82) is 0 Å². The van der Waals surface area contributed by atoms with Gasteiger partial charge in [0.15, 0.2) is 0 Å². The Morgan fingerprint density at radius 1 is 1.32 bits per heavy atom. The molecule has 3 aromatic rings. The van der Waals surface area contributed by atoms with E-state index >= 15 is 0 Å². The van der Waals surface area contributed by atoms with E-state index in [1.54, 1.807) is 30.6 Å². The standard InChI is InChI=1S/C14H10ClN3O/c15-10-3-5-18-11(6-10)7-12(14(16)19)13(18)9-2-1-4-17-8-9/h1-8H,(H2,16,19). The molecule has 4 nitrogen and oxygen atoms in total. The minimum absolute atomic E-state index is 0.454. The van der Waals surface area contributed by atoms with E-state index in [1.165, 1.54) is 0 Å². The van der Waals surface area contributed by atoms with E-state index in [0.717, 1.165) is 16.8 Å². The van der Waals surface area contributed by atoms with Crippen LogP contribution in [0, 0.1) is 0 Å². The lowest BCUT2D eigenvalue weighted by molar-refractivity contribution is 0.100. The zero-order chi connectivity index (χ0) is 13.4. The first-order valence-electron chi connectivity index (χ1n) is 5.67. The Hall–Kier alpha value is -2.33. The molecular formula is C14H10ClN3O. The van der Waals surface area contributed by atoms with E-state index in [0.29, 0.717) is 10.6 Å². The van der Waals surface area contributed by atoms with Gasteiger partial charge in [-0.2, -0.15) is 0 Å². The normalized spacial score (nSPS) is 10.8. The minimum Gasteiger partial charge on any atom is -0.366 e. The van der Waals surface area contributed by atoms with Gasteiger partial charge < -0.3 is 10.1 Å². The lowest BCUT2D eigenvalue weighted by atomic mass is 10.1. The van der Waals surface area contributed by atoms with Crippen molar-refractivity contribution in [2.45, 2.75) is 0 Å². The summed E-state index contributed by atoms with van der Waals surface area (Å²) >= 11 is 5.96. The second kappa shape index (κ2) is 4.40. The van der Waals surface area contributed by atoms with Gasteiger partial charge in [-0.25, -0.2) is 0 Å². The molecule has 5 heteroatoms. The number of fused-ring (bicyclic) bond motifs is 1. The lowest BCUT2D eigenvalue weighted by Crippen LogP contribution is -2.11. The van der Waals surface area contributed by atoms with E-state index in [4.69, 9.17) is 17.3 Å². The van der Waals surface area contributed by atoms with Crippen LogP contribution in [-0.2, 0) is 0 Å². The van der Waals surface area contributed by atoms with Crippen LogP contribution >= 0.6 is 11.6 Å². The van der Waals surface area contributed by atoms with Crippen molar-refractivity contribution in [3.63, 3.8) is 0 Å². The first kappa shape index (κ1) is 11.7. The molecule has 0 radical (unpaired) electrons. The zero-order valence-corrected chi connectivity index (χ0v) is 10.6. The number of carbonyl (C=O) groups excluding carboxylic acids is 1. The molecule has 0 aliphatic heterocycles. The van der Waals surface area contributed by atoms with Gasteiger partial charge in [-0.05, 0) is 30.3 Å². The maximum Gasteiger partial charge on any atom is 0.250 e. The molecule has 0 saturated heterocycles. The number of carbonyl (C=O) groups is 1. The van der Waals surface area contributed by atoms with Gasteiger partial charge in [0.25, 0.3) is 5.91 Å². The molecule has 0 atom stereocenters. The predicted molar refractivity (Wildman–Crippen MR) is 74.2 cm³/mol. The molecule has 0 unspecified atom stereocenters. The van der Waals surface area contributed by atoms with Crippen molar-refractivity contribution >= 4 is 23.0 Å². The van der Waals surface area contributed by atoms with Crippen molar-refractivity contribution in [1.82, 2.24) is 9.38 Å². The molecule has 3 rings (SSSR count). The number of primary amides is 1. The summed E-state index contributed by atoms with van der Waals surface area (Å²) in [6.45, 7) is 0. The Balaban J connectivity index is 2.38. The summed E-state index contributed by atoms with van der Waals surface area (Å²) in [6, 6.07) is 8.98. The number of aromatic nitrogens is 2. The third kappa shape index (κ3) is 1.96. The van der Waals surface area contributed by atoms with Crippen LogP contribution in [0.2, 0.25) is 5.02 Å². The van der Waals surface area contributed by atoms with Crippen LogP contribution in [0.25, 0.3) is 16.8 Å². The molecule has 0 bridgehead atoms. The van der Waals surface area contributed by atoms with Crippen molar-refractivity contribution in [2.24, 2.45) is 5.73 Å². The van der Waals surface area contributed by atoms with Crippen LogP contribution in [0.3, 0.4) is 0 Å². The van der Waals surface area contributed by atoms with Gasteiger partial charge >= 0.3 is 0 Å². The second-order valence-electron chi connectivity index (χ2n) is 4.15. The van der Waals surface area contributed by atoms with Crippen LogP contribution in [0.5, 0.6) is 0 Å². The molecule has 0 aliphatic carbocycles. The maximum absolute atomic E-state index is 11.6. The van der Waals surface area contributed by atoms with E-state index in [2.05, 4.69) is 4.98 Å². The number of hydrogen-bond donors (Lipinski definition) is 1. The third-order valence-corrected chi connectivity index (χ3v) is 3.17. The second-order valence-corrected chi connectivity index (χ2v) is 4.59. The van der Waals surface area contributed by atoms with E-state index < -0.39 is 5.91 Å². The summed E-state index contributed by atoms with van der Waals surface area (Å²) in [5, 5.41) is 0.610. The average Bonchev–Trinajstić information content (AvgIpc) is 2.78. The van der Waals surface area contributed by atoms with Gasteiger partial charge in [0, 0.05) is 34.7 Å². The van der Waals surface area contributed by atoms with Crippen LogP contribution in [0.1, 0.15) is 10.4 Å². The molecule has 94 valence electrons. The van der Waals surface area contributed by atoms with Gasteiger partial charge in [-0.3, -0.25) is 9.78 Å². The smallest absolute Gasteiger partial charge is 0.250 e. The van der Waals surface area contributed by atoms with Crippen LogP contribution in [0.15, 0.2) is 48.9 Å². The maximum atomic E-state index is 11.6. The molecule has 2 N–H and O–H groups in total. The lowest BCUT2D eigenvalue weighted by Gasteiger charge is -2.04. The SMILES string of the molecule is NC(=O)c1cc2cc(Cl)ccn2c1-c1cccnc1. The molecule has 0 aliphatic rings. The van der Waals surface area contributed by atoms with Gasteiger partial charge in [0.05, 0.1) is 11.3 Å². The van der Waals surface area contributed by atoms with Gasteiger partial charge in [0.2, 0.25) is 0 Å². The topological polar surface area (TPSA) is 60.4 Å². The van der Waals surface area contributed by atoms with E-state index in [-0.39, 0.29) is 0 Å². The molecule has 0 aromatic carbocycles. The Morgan fingerprint density at radius 2 is 2.16 bits per heavy atom. The number of halogens is 1. The van der Waals surface area contributed by atoms with Gasteiger partial charge in [-0.1, -0.05) is 11.6 Å². The number of hydrogen-bond acceptors (Lipinski definition) is 2. The first-order chi connectivity index (χ1) is 9.16. The van der Waals surface area contributed by atoms with E-state index in [1.807, 2.05) is 22.7 Å². The fourth-order valence-corrected chi connectivity index (χ4v) is 2.30. The summed E-state index contributed by atoms with van der Waals surface area (Å²) in [5.74, 6) is -0.473. The summed E-state index contributed by atoms with van der Waals surface area (Å²) in [5.41, 5.74) is 8.28. The largest absolute Gasteiger partial charge is 0.366 e. The van der Waals surface area contributed by atoms with Gasteiger partial charge in [-0.15, -0.1) is 0 Å². The van der Waals surface area contributed by atoms with Crippen LogP contribution < -0.4 is 5.73 Å². The van der Waals surface area contributed by atoms with Crippen molar-refractivity contribution < 1.29 is 4.79 Å². The van der Waals surface area contributed by atoms with Crippen molar-refractivity contribution in [3.8, 4) is 11.3 Å². The molecule has 3 aromatic heterocycles. The molecule has 19 heavy (non-hydrogen) atoms.